The molecule has 1 aliphatic carbocycles. The number of carbonyl (C=O) groups excluding carboxylic acids is 2. The van der Waals surface area contributed by atoms with Gasteiger partial charge in [-0.25, -0.2) is 4.79 Å². The van der Waals surface area contributed by atoms with Gasteiger partial charge in [0, 0.05) is 17.9 Å². The smallest absolute Gasteiger partial charge is 0.408 e. The molecule has 0 aromatic heterocycles. The molecule has 0 aliphatic heterocycles. The van der Waals surface area contributed by atoms with E-state index in [9.17, 15) is 9.59 Å². The molecule has 1 saturated carbocycles. The summed E-state index contributed by atoms with van der Waals surface area (Å²) in [7, 11) is 0. The van der Waals surface area contributed by atoms with E-state index in [0.29, 0.717) is 12.2 Å². The van der Waals surface area contributed by atoms with Gasteiger partial charge in [-0.2, -0.15) is 0 Å². The molecule has 128 valence electrons. The molecular weight excluding hydrogens is 278 g/mol. The van der Waals surface area contributed by atoms with E-state index >= 15 is 0 Å². The number of alkyl carbamates (subject to hydrolysis) is 1. The molecule has 1 rings (SSSR count). The summed E-state index contributed by atoms with van der Waals surface area (Å²) in [5.74, 6) is 0.511. The fourth-order valence-electron chi connectivity index (χ4n) is 3.18. The standard InChI is InChI=1S/C18H33NO3/c1-6-8-11-18(22-16(21)19-17(3,4)5)12-9-14(10-13-18)15(20)7-2/h14H,6-13H2,1-5H3,(H,19,21). The molecule has 1 N–H and O–H groups in total. The van der Waals surface area contributed by atoms with Gasteiger partial charge in [0.25, 0.3) is 0 Å². The Balaban J connectivity index is 2.68. The van der Waals surface area contributed by atoms with Crippen LogP contribution in [0.4, 0.5) is 4.79 Å². The molecule has 0 atom stereocenters. The van der Waals surface area contributed by atoms with Crippen LogP contribution in [0, 0.1) is 5.92 Å². The van der Waals surface area contributed by atoms with E-state index in [1.54, 1.807) is 0 Å². The number of carbonyl (C=O) groups is 2. The van der Waals surface area contributed by atoms with Crippen molar-refractivity contribution in [3.8, 4) is 0 Å². The van der Waals surface area contributed by atoms with E-state index in [1.807, 2.05) is 27.7 Å². The highest BCUT2D eigenvalue weighted by Crippen LogP contribution is 2.39. The highest BCUT2D eigenvalue weighted by Gasteiger charge is 2.40. The quantitative estimate of drug-likeness (QED) is 0.779. The summed E-state index contributed by atoms with van der Waals surface area (Å²) >= 11 is 0. The number of ether oxygens (including phenoxy) is 1. The van der Waals surface area contributed by atoms with Crippen molar-refractivity contribution in [1.82, 2.24) is 5.32 Å². The summed E-state index contributed by atoms with van der Waals surface area (Å²) in [6.45, 7) is 9.92. The predicted molar refractivity (Wildman–Crippen MR) is 88.9 cm³/mol. The summed E-state index contributed by atoms with van der Waals surface area (Å²) in [6, 6.07) is 0. The molecule has 0 saturated heterocycles. The fourth-order valence-corrected chi connectivity index (χ4v) is 3.18. The van der Waals surface area contributed by atoms with Crippen LogP contribution in [0.5, 0.6) is 0 Å². The van der Waals surface area contributed by atoms with Crippen LogP contribution in [0.1, 0.15) is 86.0 Å². The van der Waals surface area contributed by atoms with Gasteiger partial charge in [0.2, 0.25) is 0 Å². The van der Waals surface area contributed by atoms with Gasteiger partial charge in [0.1, 0.15) is 11.4 Å². The third kappa shape index (κ3) is 5.98. The summed E-state index contributed by atoms with van der Waals surface area (Å²) in [5, 5.41) is 2.88. The molecule has 0 aromatic carbocycles. The minimum absolute atomic E-state index is 0.161. The lowest BCUT2D eigenvalue weighted by Gasteiger charge is -2.40. The van der Waals surface area contributed by atoms with Crippen LogP contribution < -0.4 is 5.32 Å². The van der Waals surface area contributed by atoms with Crippen molar-refractivity contribution in [3.63, 3.8) is 0 Å². The maximum Gasteiger partial charge on any atom is 0.408 e. The number of unbranched alkanes of at least 4 members (excludes halogenated alkanes) is 1. The molecular formula is C18H33NO3. The van der Waals surface area contributed by atoms with Crippen LogP contribution in [0.3, 0.4) is 0 Å². The van der Waals surface area contributed by atoms with Crippen molar-refractivity contribution in [1.29, 1.82) is 0 Å². The lowest BCUT2D eigenvalue weighted by atomic mass is 9.74. The number of amides is 1. The summed E-state index contributed by atoms with van der Waals surface area (Å²) < 4.78 is 5.86. The first-order valence-corrected chi connectivity index (χ1v) is 8.75. The van der Waals surface area contributed by atoms with Crippen LogP contribution in [0.25, 0.3) is 0 Å². The molecule has 0 aromatic rings. The fraction of sp³-hybridized carbons (Fsp3) is 0.889. The minimum atomic E-state index is -0.379. The number of nitrogens with one attached hydrogen (secondary N) is 1. The Labute approximate surface area is 135 Å². The monoisotopic (exact) mass is 311 g/mol. The van der Waals surface area contributed by atoms with E-state index in [0.717, 1.165) is 44.9 Å². The molecule has 4 nitrogen and oxygen atoms in total. The van der Waals surface area contributed by atoms with E-state index in [1.165, 1.54) is 0 Å². The summed E-state index contributed by atoms with van der Waals surface area (Å²) in [4.78, 5) is 24.0. The SMILES string of the molecule is CCCCC1(OC(=O)NC(C)(C)C)CCC(C(=O)CC)CC1. The normalized spacial score (nSPS) is 25.6. The second-order valence-electron chi connectivity index (χ2n) is 7.65. The Morgan fingerprint density at radius 3 is 2.23 bits per heavy atom. The predicted octanol–water partition coefficient (Wildman–Crippen LogP) is 4.61. The van der Waals surface area contributed by atoms with Crippen LogP contribution in [-0.4, -0.2) is 23.0 Å². The Bertz CT molecular complexity index is 376. The first-order valence-electron chi connectivity index (χ1n) is 8.75. The van der Waals surface area contributed by atoms with Crippen molar-refractivity contribution >= 4 is 11.9 Å². The van der Waals surface area contributed by atoms with Crippen LogP contribution in [0.15, 0.2) is 0 Å². The first kappa shape index (κ1) is 19.0. The number of rotatable bonds is 6. The number of Topliss-reactive ketones (excluding diaryl/α,β-unsaturated/α-hetero) is 1. The lowest BCUT2D eigenvalue weighted by molar-refractivity contribution is -0.125. The second-order valence-corrected chi connectivity index (χ2v) is 7.65. The Morgan fingerprint density at radius 1 is 1.18 bits per heavy atom. The minimum Gasteiger partial charge on any atom is -0.443 e. The van der Waals surface area contributed by atoms with Crippen LogP contribution >= 0.6 is 0 Å². The highest BCUT2D eigenvalue weighted by molar-refractivity contribution is 5.80. The highest BCUT2D eigenvalue weighted by atomic mass is 16.6. The molecule has 22 heavy (non-hydrogen) atoms. The van der Waals surface area contributed by atoms with Gasteiger partial charge >= 0.3 is 6.09 Å². The van der Waals surface area contributed by atoms with Gasteiger partial charge in [0.05, 0.1) is 0 Å². The van der Waals surface area contributed by atoms with E-state index in [2.05, 4.69) is 12.2 Å². The number of hydrogen-bond acceptors (Lipinski definition) is 3. The third-order valence-electron chi connectivity index (χ3n) is 4.47. The van der Waals surface area contributed by atoms with Gasteiger partial charge < -0.3 is 10.1 Å². The van der Waals surface area contributed by atoms with Crippen molar-refractivity contribution < 1.29 is 14.3 Å². The maximum absolute atomic E-state index is 12.2. The van der Waals surface area contributed by atoms with Crippen molar-refractivity contribution in [2.45, 2.75) is 97.1 Å². The Hall–Kier alpha value is -1.06. The van der Waals surface area contributed by atoms with E-state index in [-0.39, 0.29) is 23.2 Å². The zero-order valence-electron chi connectivity index (χ0n) is 15.0. The van der Waals surface area contributed by atoms with Crippen molar-refractivity contribution in [2.24, 2.45) is 5.92 Å². The summed E-state index contributed by atoms with van der Waals surface area (Å²) in [6.07, 6.45) is 6.62. The molecule has 4 heteroatoms. The van der Waals surface area contributed by atoms with Crippen molar-refractivity contribution in [3.05, 3.63) is 0 Å². The van der Waals surface area contributed by atoms with Crippen molar-refractivity contribution in [2.75, 3.05) is 0 Å². The molecule has 0 bridgehead atoms. The van der Waals surface area contributed by atoms with Crippen LogP contribution in [0.2, 0.25) is 0 Å². The third-order valence-corrected chi connectivity index (χ3v) is 4.47. The number of ketones is 1. The topological polar surface area (TPSA) is 55.4 Å². The van der Waals surface area contributed by atoms with E-state index in [4.69, 9.17) is 4.74 Å². The zero-order valence-corrected chi connectivity index (χ0v) is 15.0. The Morgan fingerprint density at radius 2 is 1.77 bits per heavy atom. The largest absolute Gasteiger partial charge is 0.443 e. The summed E-state index contributed by atoms with van der Waals surface area (Å²) in [5.41, 5.74) is -0.672. The molecule has 0 heterocycles. The second kappa shape index (κ2) is 7.98. The van der Waals surface area contributed by atoms with Gasteiger partial charge in [-0.15, -0.1) is 0 Å². The molecule has 0 unspecified atom stereocenters. The average molecular weight is 311 g/mol. The average Bonchev–Trinajstić information content (AvgIpc) is 2.43. The Kier molecular flexibility index (Phi) is 6.89. The van der Waals surface area contributed by atoms with Gasteiger partial charge in [0.15, 0.2) is 0 Å². The zero-order chi connectivity index (χ0) is 16.8. The van der Waals surface area contributed by atoms with Crippen LogP contribution in [-0.2, 0) is 9.53 Å². The van der Waals surface area contributed by atoms with Gasteiger partial charge in [-0.3, -0.25) is 4.79 Å². The molecule has 1 fully saturated rings. The molecule has 1 amide bonds. The van der Waals surface area contributed by atoms with Gasteiger partial charge in [-0.05, 0) is 59.3 Å². The molecule has 0 spiro atoms. The van der Waals surface area contributed by atoms with E-state index < -0.39 is 0 Å². The molecule has 0 radical (unpaired) electrons. The number of hydrogen-bond donors (Lipinski definition) is 1. The molecule has 1 aliphatic rings. The first-order chi connectivity index (χ1) is 10.2. The maximum atomic E-state index is 12.2. The lowest BCUT2D eigenvalue weighted by Crippen LogP contribution is -2.47. The van der Waals surface area contributed by atoms with Gasteiger partial charge in [-0.1, -0.05) is 20.3 Å².